The van der Waals surface area contributed by atoms with Crippen molar-refractivity contribution in [1.29, 1.82) is 0 Å². The van der Waals surface area contributed by atoms with Crippen molar-refractivity contribution in [1.82, 2.24) is 20.3 Å². The number of aliphatic carboxylic acids is 4. The molecule has 3 rings (SSSR count). The number of benzene rings is 1. The largest absolute Gasteiger partial charge is 0.481 e. The zero-order valence-electron chi connectivity index (χ0n) is 29.8. The molecule has 55 heavy (non-hydrogen) atoms. The minimum absolute atomic E-state index is 0.0129. The van der Waals surface area contributed by atoms with Crippen molar-refractivity contribution in [3.63, 3.8) is 0 Å². The molecule has 0 radical (unpaired) electrons. The standard InChI is InChI=1S/C20H21N5O6.2C6H14N4O2/c21-20-24-16-15(18(29)25-20)12(9-22-16)6-3-10-1-4-11(5-2-10)17(28)23-13(19(30)31)7-8-14(26)27;2*7-4(5(11)12)2-1-3-10-6(8)9/h1-2,4-5,9,13H,3,6-8H2,(H,23,28)(H,26,27)(H,30,31)(H4,21,22,24,25,29);2*4H,1-3,7H2,(H,11,12)(H4,8,9,10)/t13-;2*4-/m000/s1. The first-order valence-electron chi connectivity index (χ1n) is 16.6. The van der Waals surface area contributed by atoms with Gasteiger partial charge in [0.05, 0.1) is 5.39 Å². The summed E-state index contributed by atoms with van der Waals surface area (Å²) in [5.74, 6) is -4.97. The molecule has 0 aliphatic rings. The van der Waals surface area contributed by atoms with Gasteiger partial charge in [0.2, 0.25) is 5.95 Å². The summed E-state index contributed by atoms with van der Waals surface area (Å²) in [5.41, 5.74) is 38.2. The van der Waals surface area contributed by atoms with E-state index in [4.69, 9.17) is 60.6 Å². The van der Waals surface area contributed by atoms with E-state index in [9.17, 15) is 28.8 Å². The molecule has 0 bridgehead atoms. The number of amides is 1. The smallest absolute Gasteiger partial charge is 0.326 e. The minimum atomic E-state index is -1.30. The maximum atomic E-state index is 12.3. The number of aryl methyl sites for hydroxylation is 2. The van der Waals surface area contributed by atoms with Gasteiger partial charge in [-0.1, -0.05) is 12.1 Å². The lowest BCUT2D eigenvalue weighted by Gasteiger charge is -2.13. The van der Waals surface area contributed by atoms with E-state index >= 15 is 0 Å². The molecule has 2 heterocycles. The molecule has 0 saturated carbocycles. The highest BCUT2D eigenvalue weighted by molar-refractivity contribution is 5.96. The Labute approximate surface area is 313 Å². The monoisotopic (exact) mass is 775 g/mol. The maximum Gasteiger partial charge on any atom is 0.326 e. The number of anilines is 1. The number of aliphatic imine (C=N–C) groups is 2. The number of carboxylic acid groups (broad SMARTS) is 4. The summed E-state index contributed by atoms with van der Waals surface area (Å²) in [5, 5.41) is 37.4. The maximum absolute atomic E-state index is 12.3. The summed E-state index contributed by atoms with van der Waals surface area (Å²) in [6.45, 7) is 0.840. The second-order valence-electron chi connectivity index (χ2n) is 11.8. The summed E-state index contributed by atoms with van der Waals surface area (Å²) in [7, 11) is 0. The molecule has 23 nitrogen and oxygen atoms in total. The van der Waals surface area contributed by atoms with E-state index in [-0.39, 0.29) is 41.8 Å². The number of fused-ring (bicyclic) bond motifs is 1. The van der Waals surface area contributed by atoms with Gasteiger partial charge in [0, 0.05) is 31.3 Å². The number of aromatic nitrogens is 3. The number of carboxylic acids is 4. The number of nitrogens with zero attached hydrogens (tertiary/aromatic N) is 3. The number of nitrogen functional groups attached to an aromatic ring is 1. The Morgan fingerprint density at radius 1 is 0.782 bits per heavy atom. The van der Waals surface area contributed by atoms with Crippen LogP contribution in [0, 0.1) is 0 Å². The molecule has 0 aliphatic heterocycles. The first kappa shape index (κ1) is 46.3. The molecule has 0 spiro atoms. The Balaban J connectivity index is 0.000000519. The Morgan fingerprint density at radius 3 is 1.76 bits per heavy atom. The zero-order valence-corrected chi connectivity index (χ0v) is 29.8. The van der Waals surface area contributed by atoms with Gasteiger partial charge < -0.3 is 70.9 Å². The summed E-state index contributed by atoms with van der Waals surface area (Å²) in [6.07, 6.45) is 4.19. The molecular weight excluding hydrogens is 726 g/mol. The van der Waals surface area contributed by atoms with Crippen molar-refractivity contribution in [2.75, 3.05) is 18.8 Å². The molecule has 1 aromatic carbocycles. The molecule has 2 aromatic heterocycles. The number of aromatic amines is 2. The van der Waals surface area contributed by atoms with Crippen molar-refractivity contribution in [3.05, 3.63) is 57.5 Å². The van der Waals surface area contributed by atoms with E-state index in [2.05, 4.69) is 30.3 Å². The van der Waals surface area contributed by atoms with Gasteiger partial charge in [0.1, 0.15) is 23.8 Å². The predicted octanol–water partition coefficient (Wildman–Crippen LogP) is -2.43. The molecule has 0 aliphatic carbocycles. The number of hydrogen-bond acceptors (Lipinski definition) is 12. The van der Waals surface area contributed by atoms with E-state index in [1.807, 2.05) is 0 Å². The topological polar surface area (TPSA) is 447 Å². The second-order valence-corrected chi connectivity index (χ2v) is 11.8. The number of nitrogens with two attached hydrogens (primary N) is 7. The van der Waals surface area contributed by atoms with Gasteiger partial charge in [0.15, 0.2) is 11.9 Å². The van der Waals surface area contributed by atoms with Crippen molar-refractivity contribution >= 4 is 58.7 Å². The molecule has 1 amide bonds. The molecule has 0 saturated heterocycles. The van der Waals surface area contributed by atoms with Gasteiger partial charge in [-0.15, -0.1) is 0 Å². The molecule has 3 aromatic rings. The van der Waals surface area contributed by atoms with Crippen molar-refractivity contribution < 1.29 is 44.4 Å². The van der Waals surface area contributed by atoms with E-state index in [0.29, 0.717) is 62.6 Å². The number of rotatable bonds is 19. The number of hydrogen-bond donors (Lipinski definition) is 14. The zero-order chi connectivity index (χ0) is 41.7. The first-order valence-corrected chi connectivity index (χ1v) is 16.6. The highest BCUT2D eigenvalue weighted by Crippen LogP contribution is 2.16. The summed E-state index contributed by atoms with van der Waals surface area (Å²) >= 11 is 0. The van der Waals surface area contributed by atoms with Crippen molar-refractivity contribution in [3.8, 4) is 0 Å². The normalized spacial score (nSPS) is 12.0. The van der Waals surface area contributed by atoms with Crippen LogP contribution >= 0.6 is 0 Å². The van der Waals surface area contributed by atoms with Crippen LogP contribution in [0.25, 0.3) is 11.0 Å². The van der Waals surface area contributed by atoms with Crippen LogP contribution < -0.4 is 51.0 Å². The van der Waals surface area contributed by atoms with Crippen LogP contribution in [0.15, 0.2) is 45.2 Å². The molecule has 21 N–H and O–H groups in total. The lowest BCUT2D eigenvalue weighted by Crippen LogP contribution is -2.41. The van der Waals surface area contributed by atoms with Crippen molar-refractivity contribution in [2.24, 2.45) is 44.4 Å². The Bertz CT molecular complexity index is 1810. The van der Waals surface area contributed by atoms with Gasteiger partial charge in [-0.3, -0.25) is 38.9 Å². The number of carbonyl (C=O) groups is 5. The van der Waals surface area contributed by atoms with Gasteiger partial charge >= 0.3 is 23.9 Å². The highest BCUT2D eigenvalue weighted by atomic mass is 16.4. The van der Waals surface area contributed by atoms with Crippen molar-refractivity contribution in [2.45, 2.75) is 69.5 Å². The van der Waals surface area contributed by atoms with E-state index in [1.54, 1.807) is 30.5 Å². The van der Waals surface area contributed by atoms with Crippen LogP contribution in [-0.4, -0.2) is 108 Å². The van der Waals surface area contributed by atoms with E-state index in [0.717, 1.165) is 11.1 Å². The Kier molecular flexibility index (Phi) is 20.0. The predicted molar refractivity (Wildman–Crippen MR) is 202 cm³/mol. The third-order valence-electron chi connectivity index (χ3n) is 7.36. The first-order chi connectivity index (χ1) is 25.8. The fraction of sp³-hybridized carbons (Fsp3) is 0.406. The fourth-order valence-corrected chi connectivity index (χ4v) is 4.47. The lowest BCUT2D eigenvalue weighted by atomic mass is 10.0. The minimum Gasteiger partial charge on any atom is -0.481 e. The van der Waals surface area contributed by atoms with Crippen LogP contribution in [0.3, 0.4) is 0 Å². The average Bonchev–Trinajstić information content (AvgIpc) is 3.52. The number of carbonyl (C=O) groups excluding carboxylic acids is 1. The summed E-state index contributed by atoms with van der Waals surface area (Å²) < 4.78 is 0. The molecule has 0 unspecified atom stereocenters. The van der Waals surface area contributed by atoms with Gasteiger partial charge in [-0.05, 0) is 68.2 Å². The molecular formula is C32H49N13O10. The number of H-pyrrole nitrogens is 2. The van der Waals surface area contributed by atoms with Gasteiger partial charge in [-0.25, -0.2) is 4.79 Å². The number of guanidine groups is 2. The van der Waals surface area contributed by atoms with E-state index < -0.39 is 47.9 Å². The Hall–Kier alpha value is -6.75. The molecule has 0 fully saturated rings. The van der Waals surface area contributed by atoms with Gasteiger partial charge in [0.25, 0.3) is 11.5 Å². The SMILES string of the molecule is NC(N)=NCCC[C@H](N)C(=O)O.NC(N)=NCCC[C@H](N)C(=O)O.Nc1nc2[nH]cc(CCc3ccc(C(=O)N[C@@H](CCC(=O)O)C(=O)O)cc3)c2c(=O)[nH]1. The van der Waals surface area contributed by atoms with Crippen LogP contribution in [0.4, 0.5) is 5.95 Å². The number of nitrogens with one attached hydrogen (secondary N) is 3. The lowest BCUT2D eigenvalue weighted by molar-refractivity contribution is -0.141. The molecule has 302 valence electrons. The van der Waals surface area contributed by atoms with E-state index in [1.165, 1.54) is 0 Å². The second kappa shape index (κ2) is 23.7. The van der Waals surface area contributed by atoms with Crippen LogP contribution in [-0.2, 0) is 32.0 Å². The Morgan fingerprint density at radius 2 is 1.31 bits per heavy atom. The van der Waals surface area contributed by atoms with Gasteiger partial charge in [-0.2, -0.15) is 4.98 Å². The fourth-order valence-electron chi connectivity index (χ4n) is 4.47. The quantitative estimate of drug-likeness (QED) is 0.0342. The molecule has 3 atom stereocenters. The molecule has 23 heteroatoms. The van der Waals surface area contributed by atoms with Crippen LogP contribution in [0.1, 0.15) is 60.0 Å². The summed E-state index contributed by atoms with van der Waals surface area (Å²) in [4.78, 5) is 83.5. The third-order valence-corrected chi connectivity index (χ3v) is 7.36. The highest BCUT2D eigenvalue weighted by Gasteiger charge is 2.21. The van der Waals surface area contributed by atoms with Crippen LogP contribution in [0.2, 0.25) is 0 Å². The summed E-state index contributed by atoms with van der Waals surface area (Å²) in [6, 6.07) is 3.66. The van der Waals surface area contributed by atoms with Crippen LogP contribution in [0.5, 0.6) is 0 Å². The third kappa shape index (κ3) is 18.5. The average molecular weight is 776 g/mol.